The van der Waals surface area contributed by atoms with Gasteiger partial charge in [0, 0.05) is 31.8 Å². The van der Waals surface area contributed by atoms with Crippen LogP contribution in [0, 0.1) is 5.82 Å². The maximum Gasteiger partial charge on any atom is 0.129 e. The minimum Gasteiger partial charge on any atom is -0.380 e. The predicted molar refractivity (Wildman–Crippen MR) is 80.6 cm³/mol. The van der Waals surface area contributed by atoms with Gasteiger partial charge in [0.25, 0.3) is 0 Å². The van der Waals surface area contributed by atoms with Gasteiger partial charge in [0.15, 0.2) is 0 Å². The van der Waals surface area contributed by atoms with E-state index < -0.39 is 0 Å². The average molecular weight is 393 g/mol. The minimum atomic E-state index is -0.305. The largest absolute Gasteiger partial charge is 0.380 e. The maximum absolute atomic E-state index is 13.6. The van der Waals surface area contributed by atoms with E-state index in [4.69, 9.17) is 11.6 Å². The van der Waals surface area contributed by atoms with Crippen molar-refractivity contribution in [2.45, 2.75) is 6.54 Å². The van der Waals surface area contributed by atoms with E-state index in [0.717, 1.165) is 14.6 Å². The first-order valence-corrected chi connectivity index (χ1v) is 7.16. The summed E-state index contributed by atoms with van der Waals surface area (Å²) in [6.07, 6.45) is 0. The van der Waals surface area contributed by atoms with Gasteiger partial charge in [-0.15, -0.1) is 0 Å². The molecule has 2 aromatic carbocycles. The van der Waals surface area contributed by atoms with Crippen molar-refractivity contribution in [3.05, 3.63) is 61.7 Å². The Morgan fingerprint density at radius 1 is 1.17 bits per heavy atom. The number of anilines is 1. The van der Waals surface area contributed by atoms with Crippen LogP contribution in [0.3, 0.4) is 0 Å². The molecule has 94 valence electrons. The zero-order valence-corrected chi connectivity index (χ0v) is 13.1. The summed E-state index contributed by atoms with van der Waals surface area (Å²) in [6, 6.07) is 10.4. The highest BCUT2D eigenvalue weighted by molar-refractivity contribution is 9.11. The van der Waals surface area contributed by atoms with E-state index in [9.17, 15) is 4.39 Å². The Kier molecular flexibility index (Phi) is 4.65. The van der Waals surface area contributed by atoms with E-state index in [0.29, 0.717) is 17.1 Å². The van der Waals surface area contributed by atoms with Gasteiger partial charge in [-0.05, 0) is 46.3 Å². The lowest BCUT2D eigenvalue weighted by Crippen LogP contribution is -2.03. The molecule has 0 aliphatic heterocycles. The van der Waals surface area contributed by atoms with Gasteiger partial charge in [-0.2, -0.15) is 0 Å². The third-order valence-corrected chi connectivity index (χ3v) is 3.98. The molecular weight excluding hydrogens is 384 g/mol. The molecule has 1 nitrogen and oxygen atoms in total. The lowest BCUT2D eigenvalue weighted by atomic mass is 10.2. The molecule has 0 fully saturated rings. The van der Waals surface area contributed by atoms with E-state index in [-0.39, 0.29) is 5.82 Å². The molecule has 0 amide bonds. The molecule has 2 rings (SSSR count). The zero-order valence-electron chi connectivity index (χ0n) is 9.18. The number of nitrogens with one attached hydrogen (secondary N) is 1. The van der Waals surface area contributed by atoms with Crippen LogP contribution < -0.4 is 5.32 Å². The summed E-state index contributed by atoms with van der Waals surface area (Å²) in [5, 5.41) is 3.58. The molecule has 0 saturated heterocycles. The number of benzene rings is 2. The van der Waals surface area contributed by atoms with Crippen molar-refractivity contribution < 1.29 is 4.39 Å². The SMILES string of the molecule is Fc1cccc(Cl)c1CNc1cc(Br)ccc1Br. The quantitative estimate of drug-likeness (QED) is 0.714. The van der Waals surface area contributed by atoms with Crippen molar-refractivity contribution in [1.29, 1.82) is 0 Å². The molecule has 1 N–H and O–H groups in total. The predicted octanol–water partition coefficient (Wildman–Crippen LogP) is 5.62. The second kappa shape index (κ2) is 6.04. The van der Waals surface area contributed by atoms with E-state index in [1.807, 2.05) is 18.2 Å². The molecule has 0 spiro atoms. The van der Waals surface area contributed by atoms with Gasteiger partial charge in [-0.25, -0.2) is 4.39 Å². The molecule has 0 heterocycles. The first kappa shape index (κ1) is 13.8. The molecule has 0 unspecified atom stereocenters. The normalized spacial score (nSPS) is 10.4. The molecule has 2 aromatic rings. The Labute approximate surface area is 127 Å². The highest BCUT2D eigenvalue weighted by atomic mass is 79.9. The van der Waals surface area contributed by atoms with Gasteiger partial charge in [0.2, 0.25) is 0 Å². The van der Waals surface area contributed by atoms with Gasteiger partial charge in [0.1, 0.15) is 5.82 Å². The van der Waals surface area contributed by atoms with Crippen molar-refractivity contribution in [2.24, 2.45) is 0 Å². The second-order valence-corrected chi connectivity index (χ2v) is 5.86. The van der Waals surface area contributed by atoms with E-state index in [1.165, 1.54) is 6.07 Å². The van der Waals surface area contributed by atoms with Gasteiger partial charge in [0.05, 0.1) is 0 Å². The summed E-state index contributed by atoms with van der Waals surface area (Å²) >= 11 is 12.8. The van der Waals surface area contributed by atoms with Crippen LogP contribution in [-0.4, -0.2) is 0 Å². The van der Waals surface area contributed by atoms with Crippen LogP contribution in [0.15, 0.2) is 45.3 Å². The van der Waals surface area contributed by atoms with Gasteiger partial charge in [-0.3, -0.25) is 0 Å². The molecule has 0 atom stereocenters. The third kappa shape index (κ3) is 3.25. The molecule has 0 bridgehead atoms. The molecule has 0 aliphatic carbocycles. The van der Waals surface area contributed by atoms with E-state index in [1.54, 1.807) is 12.1 Å². The fourth-order valence-electron chi connectivity index (χ4n) is 1.52. The Hall–Kier alpha value is -0.580. The van der Waals surface area contributed by atoms with Crippen molar-refractivity contribution in [2.75, 3.05) is 5.32 Å². The molecule has 18 heavy (non-hydrogen) atoms. The van der Waals surface area contributed by atoms with Crippen LogP contribution >= 0.6 is 43.5 Å². The van der Waals surface area contributed by atoms with Crippen molar-refractivity contribution in [3.8, 4) is 0 Å². The molecular formula is C13H9Br2ClFN. The van der Waals surface area contributed by atoms with Gasteiger partial charge >= 0.3 is 0 Å². The Balaban J connectivity index is 2.19. The summed E-state index contributed by atoms with van der Waals surface area (Å²) in [5.41, 5.74) is 1.34. The standard InChI is InChI=1S/C13H9Br2ClFN/c14-8-4-5-10(15)13(6-8)18-7-9-11(16)2-1-3-12(9)17/h1-6,18H,7H2. The lowest BCUT2D eigenvalue weighted by Gasteiger charge is -2.11. The zero-order chi connectivity index (χ0) is 13.1. The Morgan fingerprint density at radius 2 is 1.94 bits per heavy atom. The third-order valence-electron chi connectivity index (χ3n) is 2.45. The lowest BCUT2D eigenvalue weighted by molar-refractivity contribution is 0.613. The first-order valence-electron chi connectivity index (χ1n) is 5.20. The minimum absolute atomic E-state index is 0.305. The summed E-state index contributed by atoms with van der Waals surface area (Å²) in [6.45, 7) is 0.334. The van der Waals surface area contributed by atoms with Crippen LogP contribution in [0.4, 0.5) is 10.1 Å². The van der Waals surface area contributed by atoms with Crippen molar-refractivity contribution >= 4 is 49.1 Å². The van der Waals surface area contributed by atoms with Crippen molar-refractivity contribution in [3.63, 3.8) is 0 Å². The fourth-order valence-corrected chi connectivity index (χ4v) is 2.50. The molecule has 0 radical (unpaired) electrons. The van der Waals surface area contributed by atoms with Crippen molar-refractivity contribution in [1.82, 2.24) is 0 Å². The highest BCUT2D eigenvalue weighted by Crippen LogP contribution is 2.27. The topological polar surface area (TPSA) is 12.0 Å². The summed E-state index contributed by atoms with van der Waals surface area (Å²) in [4.78, 5) is 0. The van der Waals surface area contributed by atoms with E-state index >= 15 is 0 Å². The summed E-state index contributed by atoms with van der Waals surface area (Å²) in [5.74, 6) is -0.305. The first-order chi connectivity index (χ1) is 8.58. The smallest absolute Gasteiger partial charge is 0.129 e. The highest BCUT2D eigenvalue weighted by Gasteiger charge is 2.07. The molecule has 0 aromatic heterocycles. The number of rotatable bonds is 3. The summed E-state index contributed by atoms with van der Waals surface area (Å²) < 4.78 is 15.5. The monoisotopic (exact) mass is 391 g/mol. The average Bonchev–Trinajstić information content (AvgIpc) is 2.33. The number of hydrogen-bond donors (Lipinski definition) is 1. The molecule has 0 saturated carbocycles. The van der Waals surface area contributed by atoms with Crippen LogP contribution in [-0.2, 0) is 6.54 Å². The second-order valence-electron chi connectivity index (χ2n) is 3.68. The van der Waals surface area contributed by atoms with Gasteiger partial charge in [-0.1, -0.05) is 33.6 Å². The molecule has 0 aliphatic rings. The fraction of sp³-hybridized carbons (Fsp3) is 0.0769. The van der Waals surface area contributed by atoms with Crippen LogP contribution in [0.2, 0.25) is 5.02 Å². The van der Waals surface area contributed by atoms with Crippen LogP contribution in [0.1, 0.15) is 5.56 Å². The Morgan fingerprint density at radius 3 is 2.67 bits per heavy atom. The Bertz CT molecular complexity index is 555. The van der Waals surface area contributed by atoms with Gasteiger partial charge < -0.3 is 5.32 Å². The summed E-state index contributed by atoms with van der Waals surface area (Å²) in [7, 11) is 0. The number of hydrogen-bond acceptors (Lipinski definition) is 1. The molecule has 5 heteroatoms. The number of halogens is 4. The maximum atomic E-state index is 13.6. The van der Waals surface area contributed by atoms with Crippen LogP contribution in [0.25, 0.3) is 0 Å². The van der Waals surface area contributed by atoms with Crippen LogP contribution in [0.5, 0.6) is 0 Å². The van der Waals surface area contributed by atoms with E-state index in [2.05, 4.69) is 37.2 Å².